The maximum atomic E-state index is 0. The van der Waals surface area contributed by atoms with Crippen molar-refractivity contribution in [3.63, 3.8) is 0 Å². The van der Waals surface area contributed by atoms with E-state index in [1.807, 2.05) is 0 Å². The molecule has 0 amide bonds. The SMILES string of the molecule is [Ba+2].[O-2].[Pt+2].[W].[Y+3]. The molecule has 1 nitrogen and oxygen atoms in total. The van der Waals surface area contributed by atoms with Gasteiger partial charge in [-0.05, 0) is 0 Å². The molecular formula is BaOPtWY+5. The summed E-state index contributed by atoms with van der Waals surface area (Å²) in [5.41, 5.74) is 0. The van der Waals surface area contributed by atoms with Crippen molar-refractivity contribution in [2.45, 2.75) is 0 Å². The van der Waals surface area contributed by atoms with E-state index in [4.69, 9.17) is 0 Å². The maximum absolute atomic E-state index is 0. The van der Waals surface area contributed by atoms with Gasteiger partial charge in [0.15, 0.2) is 0 Å². The summed E-state index contributed by atoms with van der Waals surface area (Å²) in [6.45, 7) is 0. The Bertz CT molecular complexity index is 11.6. The maximum Gasteiger partial charge on any atom is 3.00 e. The van der Waals surface area contributed by atoms with Crippen molar-refractivity contribution in [3.8, 4) is 0 Å². The molecule has 22 valence electrons. The molecule has 0 aliphatic heterocycles. The monoisotopic (exact) mass is 622 g/mol. The fourth-order valence-electron chi connectivity index (χ4n) is 0. The molecule has 0 saturated carbocycles. The van der Waals surface area contributed by atoms with Crippen LogP contribution >= 0.6 is 0 Å². The van der Waals surface area contributed by atoms with Gasteiger partial charge in [0.1, 0.15) is 0 Å². The second-order valence-corrected chi connectivity index (χ2v) is 0. The fraction of sp³-hybridized carbons (Fsp3) is 0. The van der Waals surface area contributed by atoms with Crippen molar-refractivity contribution < 1.29 is 80.3 Å². The van der Waals surface area contributed by atoms with Crippen LogP contribution in [0, 0.1) is 0 Å². The number of rotatable bonds is 0. The minimum absolute atomic E-state index is 0. The number of hydrogen-bond acceptors (Lipinski definition) is 0. The van der Waals surface area contributed by atoms with Gasteiger partial charge >= 0.3 is 103 Å². The van der Waals surface area contributed by atoms with Crippen LogP contribution in [0.1, 0.15) is 0 Å². The zero-order valence-electron chi connectivity index (χ0n) is 2.42. The Balaban J connectivity index is 0. The van der Waals surface area contributed by atoms with Crippen molar-refractivity contribution >= 4 is 48.9 Å². The van der Waals surface area contributed by atoms with Crippen LogP contribution in [-0.4, -0.2) is 48.9 Å². The summed E-state index contributed by atoms with van der Waals surface area (Å²) in [5, 5.41) is 0. The van der Waals surface area contributed by atoms with Gasteiger partial charge in [-0.2, -0.15) is 0 Å². The van der Waals surface area contributed by atoms with Gasteiger partial charge in [-0.1, -0.05) is 0 Å². The summed E-state index contributed by atoms with van der Waals surface area (Å²) in [7, 11) is 0. The van der Waals surface area contributed by atoms with Crippen molar-refractivity contribution in [2.75, 3.05) is 0 Å². The molecule has 0 heterocycles. The van der Waals surface area contributed by atoms with Crippen LogP contribution < -0.4 is 0 Å². The average Bonchev–Trinajstić information content (AvgIpc) is 0. The first-order valence-corrected chi connectivity index (χ1v) is 0. The van der Waals surface area contributed by atoms with Crippen LogP contribution in [0.5, 0.6) is 0 Å². The second-order valence-electron chi connectivity index (χ2n) is 0. The second kappa shape index (κ2) is 24.5. The minimum atomic E-state index is 0. The molecule has 0 bridgehead atoms. The Hall–Kier alpha value is 4.01. The zero-order valence-corrected chi connectivity index (χ0v) is 14.9. The van der Waals surface area contributed by atoms with Crippen LogP contribution in [0.4, 0.5) is 0 Å². The quantitative estimate of drug-likeness (QED) is 0.327. The summed E-state index contributed by atoms with van der Waals surface area (Å²) in [5.74, 6) is 0. The molecule has 0 saturated heterocycles. The van der Waals surface area contributed by atoms with Gasteiger partial charge in [-0.25, -0.2) is 0 Å². The Morgan fingerprint density at radius 2 is 1.00 bits per heavy atom. The van der Waals surface area contributed by atoms with Crippen LogP contribution in [0.3, 0.4) is 0 Å². The molecule has 0 aliphatic carbocycles. The van der Waals surface area contributed by atoms with Crippen LogP contribution in [0.2, 0.25) is 0 Å². The van der Waals surface area contributed by atoms with E-state index in [2.05, 4.69) is 0 Å². The molecule has 0 radical (unpaired) electrons. The topological polar surface area (TPSA) is 28.5 Å². The van der Waals surface area contributed by atoms with E-state index in [-0.39, 0.29) is 129 Å². The summed E-state index contributed by atoms with van der Waals surface area (Å²) in [6.07, 6.45) is 0. The van der Waals surface area contributed by atoms with E-state index in [0.717, 1.165) is 0 Å². The summed E-state index contributed by atoms with van der Waals surface area (Å²) < 4.78 is 0. The summed E-state index contributed by atoms with van der Waals surface area (Å²) in [6, 6.07) is 0. The Kier molecular flexibility index (Phi) is 176. The first kappa shape index (κ1) is 35.9. The zero-order chi connectivity index (χ0) is 0. The molecular weight excluding hydrogens is 621 g/mol. The molecule has 0 aromatic carbocycles. The normalized spacial score (nSPS) is 0. The summed E-state index contributed by atoms with van der Waals surface area (Å²) in [4.78, 5) is 0. The van der Waals surface area contributed by atoms with Gasteiger partial charge in [0, 0.05) is 21.1 Å². The molecule has 5 heavy (non-hydrogen) atoms. The van der Waals surface area contributed by atoms with Crippen LogP contribution in [0.25, 0.3) is 0 Å². The van der Waals surface area contributed by atoms with Gasteiger partial charge in [0.05, 0.1) is 0 Å². The van der Waals surface area contributed by atoms with Crippen LogP contribution in [0.15, 0.2) is 0 Å². The molecule has 0 atom stereocenters. The Morgan fingerprint density at radius 3 is 1.00 bits per heavy atom. The third kappa shape index (κ3) is 18.0. The van der Waals surface area contributed by atoms with Gasteiger partial charge in [-0.15, -0.1) is 0 Å². The van der Waals surface area contributed by atoms with Crippen LogP contribution in [-0.2, 0) is 80.3 Å². The van der Waals surface area contributed by atoms with E-state index >= 15 is 0 Å². The minimum Gasteiger partial charge on any atom is -2.00 e. The smallest absolute Gasteiger partial charge is 2.00 e. The molecule has 0 fully saturated rings. The van der Waals surface area contributed by atoms with Crippen molar-refractivity contribution in [3.05, 3.63) is 0 Å². The van der Waals surface area contributed by atoms with Gasteiger partial charge in [0.25, 0.3) is 0 Å². The van der Waals surface area contributed by atoms with Gasteiger partial charge in [-0.3, -0.25) is 0 Å². The largest absolute Gasteiger partial charge is 3.00 e. The fourth-order valence-corrected chi connectivity index (χ4v) is 0. The van der Waals surface area contributed by atoms with Crippen molar-refractivity contribution in [2.24, 2.45) is 0 Å². The molecule has 0 aromatic heterocycles. The first-order valence-electron chi connectivity index (χ1n) is 0. The third-order valence-corrected chi connectivity index (χ3v) is 0. The Labute approximate surface area is 126 Å². The molecule has 0 N–H and O–H groups in total. The predicted octanol–water partition coefficient (Wildman–Crippen LogP) is -0.507. The van der Waals surface area contributed by atoms with Gasteiger partial charge < -0.3 is 5.48 Å². The molecule has 0 spiro atoms. The molecule has 0 aromatic rings. The Morgan fingerprint density at radius 1 is 1.00 bits per heavy atom. The average molecular weight is 621 g/mol. The third-order valence-electron chi connectivity index (χ3n) is 0. The van der Waals surface area contributed by atoms with E-state index in [1.54, 1.807) is 0 Å². The number of hydrogen-bond donors (Lipinski definition) is 0. The summed E-state index contributed by atoms with van der Waals surface area (Å²) >= 11 is 0. The molecule has 0 rings (SSSR count). The first-order chi connectivity index (χ1) is 0. The standard InChI is InChI=1S/Ba.O.Pt.W.Y/q+2;-2;+2;;+3. The van der Waals surface area contributed by atoms with Crippen molar-refractivity contribution in [1.82, 2.24) is 0 Å². The van der Waals surface area contributed by atoms with Crippen molar-refractivity contribution in [1.29, 1.82) is 0 Å². The van der Waals surface area contributed by atoms with E-state index < -0.39 is 0 Å². The predicted molar refractivity (Wildman–Crippen MR) is 6.44 cm³/mol. The molecule has 0 aliphatic rings. The molecule has 5 heteroatoms. The van der Waals surface area contributed by atoms with E-state index in [1.165, 1.54) is 0 Å². The van der Waals surface area contributed by atoms with Gasteiger partial charge in [0.2, 0.25) is 0 Å². The van der Waals surface area contributed by atoms with E-state index in [0.29, 0.717) is 0 Å². The molecule has 0 unspecified atom stereocenters. The van der Waals surface area contributed by atoms with E-state index in [9.17, 15) is 0 Å².